The molecular formula is C21H20FN3O3S. The van der Waals surface area contributed by atoms with E-state index in [0.29, 0.717) is 17.8 Å². The molecule has 0 atom stereocenters. The Morgan fingerprint density at radius 3 is 2.28 bits per heavy atom. The second-order valence-corrected chi connectivity index (χ2v) is 8.55. The van der Waals surface area contributed by atoms with Crippen LogP contribution in [0.2, 0.25) is 0 Å². The lowest BCUT2D eigenvalue weighted by molar-refractivity contribution is 0.251. The molecule has 0 aliphatic rings. The number of carbonyl (C=O) groups is 1. The Balaban J connectivity index is 1.54. The van der Waals surface area contributed by atoms with Crippen LogP contribution in [0.25, 0.3) is 0 Å². The highest BCUT2D eigenvalue weighted by molar-refractivity contribution is 7.89. The zero-order chi connectivity index (χ0) is 20.7. The number of nitrogens with one attached hydrogen (secondary N) is 2. The van der Waals surface area contributed by atoms with E-state index in [1.165, 1.54) is 18.2 Å². The fourth-order valence-electron chi connectivity index (χ4n) is 2.70. The van der Waals surface area contributed by atoms with E-state index in [1.54, 1.807) is 54.9 Å². The van der Waals surface area contributed by atoms with Gasteiger partial charge in [-0.05, 0) is 41.5 Å². The van der Waals surface area contributed by atoms with Crippen molar-refractivity contribution in [2.75, 3.05) is 5.32 Å². The number of amides is 2. The minimum atomic E-state index is -3.53. The molecule has 1 heterocycles. The number of halogens is 1. The van der Waals surface area contributed by atoms with E-state index >= 15 is 0 Å². The van der Waals surface area contributed by atoms with Gasteiger partial charge in [0.25, 0.3) is 0 Å². The monoisotopic (exact) mass is 413 g/mol. The minimum absolute atomic E-state index is 0.150. The summed E-state index contributed by atoms with van der Waals surface area (Å²) in [4.78, 5) is 15.9. The highest BCUT2D eigenvalue weighted by Crippen LogP contribution is 2.17. The summed E-state index contributed by atoms with van der Waals surface area (Å²) in [6.45, 7) is 0.362. The van der Waals surface area contributed by atoms with Crippen LogP contribution in [0.3, 0.4) is 0 Å². The molecule has 0 fully saturated rings. The molecule has 0 aliphatic carbocycles. The number of aromatic nitrogens is 1. The van der Waals surface area contributed by atoms with E-state index < -0.39 is 15.7 Å². The van der Waals surface area contributed by atoms with Crippen molar-refractivity contribution in [1.82, 2.24) is 10.3 Å². The van der Waals surface area contributed by atoms with Crippen LogP contribution in [0, 0.1) is 5.82 Å². The van der Waals surface area contributed by atoms with Crippen LogP contribution in [-0.4, -0.2) is 19.4 Å². The average Bonchev–Trinajstić information content (AvgIpc) is 2.70. The molecule has 1 aromatic heterocycles. The van der Waals surface area contributed by atoms with Crippen LogP contribution in [0.1, 0.15) is 16.7 Å². The zero-order valence-electron chi connectivity index (χ0n) is 15.5. The molecule has 3 aromatic rings. The van der Waals surface area contributed by atoms with Crippen LogP contribution in [0.5, 0.6) is 0 Å². The highest BCUT2D eigenvalue weighted by Gasteiger charge is 2.15. The number of hydrogen-bond donors (Lipinski definition) is 2. The summed E-state index contributed by atoms with van der Waals surface area (Å²) < 4.78 is 38.4. The number of benzene rings is 2. The van der Waals surface area contributed by atoms with E-state index in [1.807, 2.05) is 0 Å². The van der Waals surface area contributed by atoms with Gasteiger partial charge in [-0.15, -0.1) is 0 Å². The molecule has 0 spiro atoms. The van der Waals surface area contributed by atoms with Crippen molar-refractivity contribution in [2.24, 2.45) is 0 Å². The smallest absolute Gasteiger partial charge is 0.319 e. The van der Waals surface area contributed by atoms with Gasteiger partial charge in [0.1, 0.15) is 5.82 Å². The molecule has 2 amide bonds. The summed E-state index contributed by atoms with van der Waals surface area (Å²) in [6, 6.07) is 15.6. The Labute approximate surface area is 168 Å². The molecule has 0 bridgehead atoms. The topological polar surface area (TPSA) is 88.2 Å². The minimum Gasteiger partial charge on any atom is -0.334 e. The average molecular weight is 413 g/mol. The lowest BCUT2D eigenvalue weighted by Gasteiger charge is -2.09. The number of urea groups is 1. The predicted molar refractivity (Wildman–Crippen MR) is 109 cm³/mol. The van der Waals surface area contributed by atoms with Crippen LogP contribution < -0.4 is 10.6 Å². The third-order valence-electron chi connectivity index (χ3n) is 4.13. The molecular weight excluding hydrogens is 393 g/mol. The second-order valence-electron chi connectivity index (χ2n) is 6.48. The molecule has 2 aromatic carbocycles. The van der Waals surface area contributed by atoms with Crippen molar-refractivity contribution >= 4 is 21.6 Å². The van der Waals surface area contributed by atoms with Crippen molar-refractivity contribution in [1.29, 1.82) is 0 Å². The molecule has 0 saturated heterocycles. The lowest BCUT2D eigenvalue weighted by atomic mass is 10.2. The Morgan fingerprint density at radius 2 is 1.59 bits per heavy atom. The van der Waals surface area contributed by atoms with Crippen LogP contribution in [-0.2, 0) is 27.9 Å². The van der Waals surface area contributed by atoms with Gasteiger partial charge < -0.3 is 10.6 Å². The fourth-order valence-corrected chi connectivity index (χ4v) is 4.21. The first-order valence-electron chi connectivity index (χ1n) is 8.88. The Bertz CT molecular complexity index is 1070. The van der Waals surface area contributed by atoms with Gasteiger partial charge in [0.15, 0.2) is 9.84 Å². The number of rotatable bonds is 7. The normalized spacial score (nSPS) is 11.1. The summed E-state index contributed by atoms with van der Waals surface area (Å²) in [6.07, 6.45) is 3.29. The van der Waals surface area contributed by atoms with Gasteiger partial charge in [0, 0.05) is 30.2 Å². The molecule has 0 saturated carbocycles. The van der Waals surface area contributed by atoms with Gasteiger partial charge in [-0.2, -0.15) is 0 Å². The molecule has 3 rings (SSSR count). The number of carbonyl (C=O) groups excluding carboxylic acids is 1. The first-order valence-corrected chi connectivity index (χ1v) is 10.7. The van der Waals surface area contributed by atoms with Gasteiger partial charge in [-0.25, -0.2) is 17.6 Å². The Kier molecular flexibility index (Phi) is 6.56. The summed E-state index contributed by atoms with van der Waals surface area (Å²) in [5, 5.41) is 5.41. The second kappa shape index (κ2) is 9.29. The van der Waals surface area contributed by atoms with E-state index in [4.69, 9.17) is 0 Å². The summed E-state index contributed by atoms with van der Waals surface area (Å²) >= 11 is 0. The SMILES string of the molecule is O=C(NCc1ccncc1)Nc1ccc(CS(=O)(=O)Cc2ccccc2F)cc1. The number of nitrogens with zero attached hydrogens (tertiary/aromatic N) is 1. The Morgan fingerprint density at radius 1 is 0.897 bits per heavy atom. The van der Waals surface area contributed by atoms with Gasteiger partial charge in [0.2, 0.25) is 0 Å². The van der Waals surface area contributed by atoms with Crippen LogP contribution in [0.15, 0.2) is 73.1 Å². The van der Waals surface area contributed by atoms with Crippen LogP contribution in [0.4, 0.5) is 14.9 Å². The van der Waals surface area contributed by atoms with Crippen LogP contribution >= 0.6 is 0 Å². The number of hydrogen-bond acceptors (Lipinski definition) is 4. The van der Waals surface area contributed by atoms with Crippen molar-refractivity contribution in [3.63, 3.8) is 0 Å². The summed E-state index contributed by atoms with van der Waals surface area (Å²) in [5.74, 6) is -1.11. The van der Waals surface area contributed by atoms with Gasteiger partial charge in [0.05, 0.1) is 11.5 Å². The third-order valence-corrected chi connectivity index (χ3v) is 5.66. The van der Waals surface area contributed by atoms with E-state index in [-0.39, 0.29) is 23.1 Å². The molecule has 0 radical (unpaired) electrons. The van der Waals surface area contributed by atoms with Crippen molar-refractivity contribution < 1.29 is 17.6 Å². The molecule has 29 heavy (non-hydrogen) atoms. The van der Waals surface area contributed by atoms with E-state index in [9.17, 15) is 17.6 Å². The van der Waals surface area contributed by atoms with Gasteiger partial charge >= 0.3 is 6.03 Å². The number of anilines is 1. The first-order chi connectivity index (χ1) is 13.9. The van der Waals surface area contributed by atoms with Crippen molar-refractivity contribution in [3.8, 4) is 0 Å². The molecule has 0 unspecified atom stereocenters. The van der Waals surface area contributed by atoms with Crippen molar-refractivity contribution in [2.45, 2.75) is 18.1 Å². The number of pyridine rings is 1. The largest absolute Gasteiger partial charge is 0.334 e. The standard InChI is InChI=1S/C21H20FN3O3S/c22-20-4-2-1-3-18(20)15-29(27,28)14-17-5-7-19(8-6-17)25-21(26)24-13-16-9-11-23-12-10-16/h1-12H,13-15H2,(H2,24,25,26). The zero-order valence-corrected chi connectivity index (χ0v) is 16.3. The maximum Gasteiger partial charge on any atom is 0.319 e. The molecule has 2 N–H and O–H groups in total. The number of sulfone groups is 1. The van der Waals surface area contributed by atoms with Gasteiger partial charge in [-0.3, -0.25) is 4.98 Å². The quantitative estimate of drug-likeness (QED) is 0.619. The molecule has 8 heteroatoms. The van der Waals surface area contributed by atoms with Gasteiger partial charge in [-0.1, -0.05) is 30.3 Å². The third kappa shape index (κ3) is 6.39. The van der Waals surface area contributed by atoms with Crippen molar-refractivity contribution in [3.05, 3.63) is 95.6 Å². The first kappa shape index (κ1) is 20.5. The fraction of sp³-hybridized carbons (Fsp3) is 0.143. The van der Waals surface area contributed by atoms with E-state index in [0.717, 1.165) is 5.56 Å². The maximum atomic E-state index is 13.7. The molecule has 6 nitrogen and oxygen atoms in total. The molecule has 150 valence electrons. The summed E-state index contributed by atoms with van der Waals surface area (Å²) in [7, 11) is -3.53. The Hall–Kier alpha value is -3.26. The van der Waals surface area contributed by atoms with E-state index in [2.05, 4.69) is 15.6 Å². The predicted octanol–water partition coefficient (Wildman–Crippen LogP) is 3.66. The molecule has 0 aliphatic heterocycles. The maximum absolute atomic E-state index is 13.7. The lowest BCUT2D eigenvalue weighted by Crippen LogP contribution is -2.28. The highest BCUT2D eigenvalue weighted by atomic mass is 32.2. The summed E-state index contributed by atoms with van der Waals surface area (Å²) in [5.41, 5.74) is 2.17.